The van der Waals surface area contributed by atoms with E-state index < -0.39 is 12.1 Å². The zero-order valence-corrected chi connectivity index (χ0v) is 12.0. The predicted molar refractivity (Wildman–Crippen MR) is 79.2 cm³/mol. The Morgan fingerprint density at radius 3 is 2.76 bits per heavy atom. The molecule has 0 fully saturated rings. The zero-order chi connectivity index (χ0) is 15.5. The van der Waals surface area contributed by atoms with Gasteiger partial charge in [-0.2, -0.15) is 0 Å². The normalized spacial score (nSPS) is 12.0. The predicted octanol–water partition coefficient (Wildman–Crippen LogP) is 3.26. The molecule has 1 unspecified atom stereocenters. The Balaban J connectivity index is 2.25. The van der Waals surface area contributed by atoms with Crippen molar-refractivity contribution in [1.82, 2.24) is 5.32 Å². The van der Waals surface area contributed by atoms with Crippen LogP contribution in [0.15, 0.2) is 42.6 Å². The van der Waals surface area contributed by atoms with Crippen molar-refractivity contribution in [3.8, 4) is 0 Å². The number of hydrogen-bond acceptors (Lipinski definition) is 4. The van der Waals surface area contributed by atoms with Gasteiger partial charge < -0.3 is 4.74 Å². The molecule has 6 heteroatoms. The molecule has 0 aliphatic carbocycles. The van der Waals surface area contributed by atoms with Crippen molar-refractivity contribution in [2.75, 3.05) is 0 Å². The lowest BCUT2D eigenvalue weighted by Crippen LogP contribution is -2.20. The number of carbonyl (C=O) groups excluding carboxylic acids is 1. The first kappa shape index (κ1) is 16.7. The van der Waals surface area contributed by atoms with Crippen LogP contribution in [0.4, 0.5) is 4.79 Å². The molecule has 0 spiro atoms. The number of nitro groups is 1. The third-order valence-corrected chi connectivity index (χ3v) is 2.86. The zero-order valence-electron chi connectivity index (χ0n) is 12.0. The highest BCUT2D eigenvalue weighted by molar-refractivity contribution is 5.68. The van der Waals surface area contributed by atoms with Gasteiger partial charge in [0.25, 0.3) is 0 Å². The molecule has 0 saturated heterocycles. The van der Waals surface area contributed by atoms with Gasteiger partial charge in [-0.05, 0) is 12.0 Å². The van der Waals surface area contributed by atoms with E-state index in [0.29, 0.717) is 12.8 Å². The van der Waals surface area contributed by atoms with Crippen molar-refractivity contribution >= 4 is 6.09 Å². The minimum absolute atomic E-state index is 0.188. The number of nitrogens with zero attached hydrogens (tertiary/aromatic N) is 1. The van der Waals surface area contributed by atoms with Gasteiger partial charge in [0.15, 0.2) is 0 Å². The van der Waals surface area contributed by atoms with E-state index in [1.807, 2.05) is 37.3 Å². The molecule has 1 N–H and O–H groups in total. The number of ether oxygens (including phenoxy) is 1. The number of hydrogen-bond donors (Lipinski definition) is 1. The fourth-order valence-electron chi connectivity index (χ4n) is 1.76. The van der Waals surface area contributed by atoms with Gasteiger partial charge in [0.2, 0.25) is 6.04 Å². The molecular formula is C15H20N2O4. The molecule has 0 aliphatic heterocycles. The Morgan fingerprint density at radius 1 is 1.43 bits per heavy atom. The van der Waals surface area contributed by atoms with Crippen LogP contribution in [0.2, 0.25) is 0 Å². The summed E-state index contributed by atoms with van der Waals surface area (Å²) < 4.78 is 4.99. The van der Waals surface area contributed by atoms with Crippen molar-refractivity contribution in [3.63, 3.8) is 0 Å². The molecule has 0 saturated carbocycles. The molecule has 6 nitrogen and oxygen atoms in total. The Hall–Kier alpha value is -2.37. The van der Waals surface area contributed by atoms with Gasteiger partial charge in [-0.15, -0.1) is 0 Å². The first-order valence-corrected chi connectivity index (χ1v) is 6.89. The van der Waals surface area contributed by atoms with Gasteiger partial charge in [-0.3, -0.25) is 15.4 Å². The minimum Gasteiger partial charge on any atom is -0.444 e. The van der Waals surface area contributed by atoms with Crippen LogP contribution in [-0.4, -0.2) is 17.1 Å². The van der Waals surface area contributed by atoms with Crippen molar-refractivity contribution in [2.24, 2.45) is 0 Å². The molecule has 0 heterocycles. The second-order valence-corrected chi connectivity index (χ2v) is 4.57. The first-order valence-electron chi connectivity index (χ1n) is 6.89. The molecule has 21 heavy (non-hydrogen) atoms. The molecule has 0 radical (unpaired) electrons. The summed E-state index contributed by atoms with van der Waals surface area (Å²) in [6.45, 7) is 2.09. The van der Waals surface area contributed by atoms with E-state index in [4.69, 9.17) is 4.74 Å². The Bertz CT molecular complexity index is 474. The van der Waals surface area contributed by atoms with Crippen LogP contribution < -0.4 is 5.32 Å². The minimum atomic E-state index is -0.603. The molecule has 1 aromatic carbocycles. The SMILES string of the molecule is CCCC(C/C=C\NC(=O)OCc1ccccc1)[N+](=O)[O-]. The lowest BCUT2D eigenvalue weighted by atomic mass is 10.1. The lowest BCUT2D eigenvalue weighted by Gasteiger charge is -2.05. The highest BCUT2D eigenvalue weighted by Gasteiger charge is 2.16. The molecule has 0 aliphatic rings. The van der Waals surface area contributed by atoms with Crippen molar-refractivity contribution in [1.29, 1.82) is 0 Å². The monoisotopic (exact) mass is 292 g/mol. The summed E-state index contributed by atoms with van der Waals surface area (Å²) in [5.41, 5.74) is 0.896. The standard InChI is InChI=1S/C15H20N2O4/c1-2-7-14(17(19)20)10-6-11-16-15(18)21-12-13-8-4-3-5-9-13/h3-6,8-9,11,14H,2,7,10,12H2,1H3,(H,16,18)/b11-6-. The maximum absolute atomic E-state index is 11.4. The number of rotatable bonds is 8. The summed E-state index contributed by atoms with van der Waals surface area (Å²) in [4.78, 5) is 21.8. The molecule has 1 aromatic rings. The second-order valence-electron chi connectivity index (χ2n) is 4.57. The molecule has 114 valence electrons. The van der Waals surface area contributed by atoms with Crippen molar-refractivity contribution in [2.45, 2.75) is 38.8 Å². The van der Waals surface area contributed by atoms with Gasteiger partial charge in [0, 0.05) is 24.0 Å². The maximum atomic E-state index is 11.4. The van der Waals surface area contributed by atoms with Crippen molar-refractivity contribution < 1.29 is 14.5 Å². The van der Waals surface area contributed by atoms with E-state index in [1.165, 1.54) is 6.20 Å². The summed E-state index contributed by atoms with van der Waals surface area (Å²) in [6, 6.07) is 8.72. The summed E-state index contributed by atoms with van der Waals surface area (Å²) in [6.07, 6.45) is 3.96. The van der Waals surface area contributed by atoms with Gasteiger partial charge in [-0.25, -0.2) is 4.79 Å². The van der Waals surface area contributed by atoms with E-state index in [2.05, 4.69) is 5.32 Å². The molecule has 0 bridgehead atoms. The topological polar surface area (TPSA) is 81.5 Å². The average molecular weight is 292 g/mol. The van der Waals surface area contributed by atoms with Crippen LogP contribution in [-0.2, 0) is 11.3 Å². The smallest absolute Gasteiger partial charge is 0.411 e. The number of alkyl carbamates (subject to hydrolysis) is 1. The lowest BCUT2D eigenvalue weighted by molar-refractivity contribution is -0.522. The number of amides is 1. The average Bonchev–Trinajstić information content (AvgIpc) is 2.49. The fraction of sp³-hybridized carbons (Fsp3) is 0.400. The number of nitrogens with one attached hydrogen (secondary N) is 1. The van der Waals surface area contributed by atoms with Crippen molar-refractivity contribution in [3.05, 3.63) is 58.3 Å². The summed E-state index contributed by atoms with van der Waals surface area (Å²) in [5.74, 6) is 0. The van der Waals surface area contributed by atoms with E-state index in [1.54, 1.807) is 6.08 Å². The molecule has 1 amide bonds. The molecule has 1 atom stereocenters. The third kappa shape index (κ3) is 7.10. The van der Waals surface area contributed by atoms with E-state index >= 15 is 0 Å². The quantitative estimate of drug-likeness (QED) is 0.589. The Kier molecular flexibility index (Phi) is 7.56. The number of carbonyl (C=O) groups is 1. The fourth-order valence-corrected chi connectivity index (χ4v) is 1.76. The molecule has 1 rings (SSSR count). The summed E-state index contributed by atoms with van der Waals surface area (Å²) >= 11 is 0. The number of benzene rings is 1. The Morgan fingerprint density at radius 2 is 2.14 bits per heavy atom. The molecule has 0 aromatic heterocycles. The maximum Gasteiger partial charge on any atom is 0.411 e. The summed E-state index contributed by atoms with van der Waals surface area (Å²) in [7, 11) is 0. The molecular weight excluding hydrogens is 272 g/mol. The van der Waals surface area contributed by atoms with E-state index in [9.17, 15) is 14.9 Å². The van der Waals surface area contributed by atoms with Crippen LogP contribution in [0.1, 0.15) is 31.7 Å². The van der Waals surface area contributed by atoms with Gasteiger partial charge in [-0.1, -0.05) is 43.3 Å². The summed E-state index contributed by atoms with van der Waals surface area (Å²) in [5, 5.41) is 13.2. The third-order valence-electron chi connectivity index (χ3n) is 2.86. The van der Waals surface area contributed by atoms with Gasteiger partial charge >= 0.3 is 6.09 Å². The van der Waals surface area contributed by atoms with Gasteiger partial charge in [0.05, 0.1) is 0 Å². The van der Waals surface area contributed by atoms with Crippen LogP contribution in [0, 0.1) is 10.1 Å². The van der Waals surface area contributed by atoms with E-state index in [-0.39, 0.29) is 11.5 Å². The Labute approximate surface area is 124 Å². The van der Waals surface area contributed by atoms with Gasteiger partial charge in [0.1, 0.15) is 6.61 Å². The van der Waals surface area contributed by atoms with Crippen LogP contribution in [0.5, 0.6) is 0 Å². The highest BCUT2D eigenvalue weighted by atomic mass is 16.6. The van der Waals surface area contributed by atoms with Crippen LogP contribution in [0.3, 0.4) is 0 Å². The van der Waals surface area contributed by atoms with E-state index in [0.717, 1.165) is 12.0 Å². The second kappa shape index (κ2) is 9.52. The van der Waals surface area contributed by atoms with Crippen LogP contribution >= 0.6 is 0 Å². The first-order chi connectivity index (χ1) is 10.1. The largest absolute Gasteiger partial charge is 0.444 e. The highest BCUT2D eigenvalue weighted by Crippen LogP contribution is 2.06. The van der Waals surface area contributed by atoms with Crippen LogP contribution in [0.25, 0.3) is 0 Å².